The van der Waals surface area contributed by atoms with Gasteiger partial charge in [-0.1, -0.05) is 38.5 Å². The van der Waals surface area contributed by atoms with E-state index in [1.54, 1.807) is 11.8 Å². The fourth-order valence-electron chi connectivity index (χ4n) is 2.46. The first-order valence-electron chi connectivity index (χ1n) is 8.50. The van der Waals surface area contributed by atoms with Gasteiger partial charge in [-0.3, -0.25) is 19.1 Å². The van der Waals surface area contributed by atoms with E-state index in [0.29, 0.717) is 5.92 Å². The summed E-state index contributed by atoms with van der Waals surface area (Å²) in [5, 5.41) is 17.7. The van der Waals surface area contributed by atoms with Gasteiger partial charge in [-0.2, -0.15) is 16.7 Å². The fraction of sp³-hybridized carbons (Fsp3) is 0.688. The smallest absolute Gasteiger partial charge is 0.311 e. The lowest BCUT2D eigenvalue weighted by Crippen LogP contribution is -2.29. The fourth-order valence-corrected chi connectivity index (χ4v) is 4.88. The largest absolute Gasteiger partial charge is 0.400 e. The van der Waals surface area contributed by atoms with E-state index in [9.17, 15) is 14.7 Å². The van der Waals surface area contributed by atoms with Crippen molar-refractivity contribution in [3.8, 4) is 0 Å². The van der Waals surface area contributed by atoms with Crippen molar-refractivity contribution in [3.05, 3.63) is 20.0 Å². The monoisotopic (exact) mass is 404 g/mol. The first-order chi connectivity index (χ1) is 12.3. The molecule has 0 aliphatic heterocycles. The second-order valence-corrected chi connectivity index (χ2v) is 8.46. The quantitative estimate of drug-likeness (QED) is 0.493. The van der Waals surface area contributed by atoms with Crippen molar-refractivity contribution in [2.75, 3.05) is 18.6 Å². The Labute approximate surface area is 160 Å². The van der Waals surface area contributed by atoms with Crippen LogP contribution in [0.2, 0.25) is 0 Å². The standard InChI is InChI=1S/C15H24N4O3S2.CH4O/c1-4-5-6-23-9(7-8(2)3)13(21)19-11-10(24-15(19)22)12(20)18-14(16)17-11;1-2/h8-9,13,21H,4-7H2,1-3H3,(H3,16,17,18,20);2H,1H3/t9-,13?;/m0./s1. The number of anilines is 1. The summed E-state index contributed by atoms with van der Waals surface area (Å²) in [6.45, 7) is 6.27. The summed E-state index contributed by atoms with van der Waals surface area (Å²) in [6, 6.07) is 0. The Morgan fingerprint density at radius 1 is 1.35 bits per heavy atom. The zero-order valence-electron chi connectivity index (χ0n) is 15.6. The minimum absolute atomic E-state index is 0.0645. The highest BCUT2D eigenvalue weighted by Crippen LogP contribution is 2.30. The van der Waals surface area contributed by atoms with E-state index in [1.165, 1.54) is 4.57 Å². The van der Waals surface area contributed by atoms with Gasteiger partial charge in [0.25, 0.3) is 5.56 Å². The van der Waals surface area contributed by atoms with Crippen LogP contribution >= 0.6 is 23.1 Å². The van der Waals surface area contributed by atoms with Gasteiger partial charge in [-0.15, -0.1) is 0 Å². The Bertz CT molecular complexity index is 800. The number of rotatable bonds is 8. The average molecular weight is 405 g/mol. The molecule has 148 valence electrons. The van der Waals surface area contributed by atoms with Gasteiger partial charge in [0, 0.05) is 7.11 Å². The van der Waals surface area contributed by atoms with Crippen molar-refractivity contribution < 1.29 is 10.2 Å². The van der Waals surface area contributed by atoms with Crippen molar-refractivity contribution in [3.63, 3.8) is 0 Å². The number of aromatic amines is 1. The van der Waals surface area contributed by atoms with Crippen LogP contribution in [0.3, 0.4) is 0 Å². The van der Waals surface area contributed by atoms with Gasteiger partial charge >= 0.3 is 4.87 Å². The molecule has 2 rings (SSSR count). The Kier molecular flexibility index (Phi) is 9.34. The van der Waals surface area contributed by atoms with Crippen molar-refractivity contribution in [1.82, 2.24) is 14.5 Å². The molecule has 1 unspecified atom stereocenters. The molecule has 0 spiro atoms. The molecule has 8 nitrogen and oxygen atoms in total. The summed E-state index contributed by atoms with van der Waals surface area (Å²) in [4.78, 5) is 30.3. The molecule has 0 amide bonds. The van der Waals surface area contributed by atoms with E-state index in [4.69, 9.17) is 10.8 Å². The van der Waals surface area contributed by atoms with Crippen LogP contribution in [-0.2, 0) is 0 Å². The number of nitrogens with two attached hydrogens (primary N) is 1. The minimum Gasteiger partial charge on any atom is -0.400 e. The number of thiazole rings is 1. The van der Waals surface area contributed by atoms with Crippen molar-refractivity contribution in [1.29, 1.82) is 0 Å². The third-order valence-corrected chi connectivity index (χ3v) is 5.95. The van der Waals surface area contributed by atoms with E-state index >= 15 is 0 Å². The Morgan fingerprint density at radius 2 is 2.00 bits per heavy atom. The highest BCUT2D eigenvalue weighted by Gasteiger charge is 2.27. The van der Waals surface area contributed by atoms with Crippen LogP contribution in [0.4, 0.5) is 5.95 Å². The van der Waals surface area contributed by atoms with Crippen molar-refractivity contribution in [2.24, 2.45) is 5.92 Å². The Morgan fingerprint density at radius 3 is 2.58 bits per heavy atom. The van der Waals surface area contributed by atoms with Crippen LogP contribution in [0.5, 0.6) is 0 Å². The lowest BCUT2D eigenvalue weighted by atomic mass is 10.1. The summed E-state index contributed by atoms with van der Waals surface area (Å²) in [6.07, 6.45) is 1.85. The third kappa shape index (κ3) is 5.57. The van der Waals surface area contributed by atoms with E-state index in [0.717, 1.165) is 43.5 Å². The van der Waals surface area contributed by atoms with Crippen LogP contribution in [0.15, 0.2) is 9.59 Å². The maximum Gasteiger partial charge on any atom is 0.311 e. The minimum atomic E-state index is -1.04. The second-order valence-electron chi connectivity index (χ2n) is 6.15. The molecular formula is C16H28N4O4S2. The number of fused-ring (bicyclic) bond motifs is 1. The number of H-pyrrole nitrogens is 1. The molecule has 0 saturated heterocycles. The molecule has 2 heterocycles. The maximum absolute atomic E-state index is 12.3. The highest BCUT2D eigenvalue weighted by molar-refractivity contribution is 7.99. The lowest BCUT2D eigenvalue weighted by Gasteiger charge is -2.25. The number of aliphatic hydroxyl groups excluding tert-OH is 2. The molecule has 26 heavy (non-hydrogen) atoms. The number of unbranched alkanes of at least 4 members (excludes halogenated alkanes) is 1. The summed E-state index contributed by atoms with van der Waals surface area (Å²) < 4.78 is 1.40. The zero-order valence-corrected chi connectivity index (χ0v) is 17.2. The van der Waals surface area contributed by atoms with E-state index in [1.807, 2.05) is 0 Å². The average Bonchev–Trinajstić information content (AvgIpc) is 2.91. The number of hydrogen-bond donors (Lipinski definition) is 4. The SMILES string of the molecule is CCCCS[C@@H](CC(C)C)C(O)n1c(=O)sc2c(=O)[nH]c(N)nc21.CO. The number of nitrogens with zero attached hydrogens (tertiary/aromatic N) is 2. The number of nitrogen functional groups attached to an aromatic ring is 1. The number of hydrogen-bond acceptors (Lipinski definition) is 8. The Balaban J connectivity index is 0.00000163. The normalized spacial score (nSPS) is 13.5. The molecule has 0 aliphatic rings. The van der Waals surface area contributed by atoms with Gasteiger partial charge < -0.3 is 15.9 Å². The van der Waals surface area contributed by atoms with Crippen LogP contribution in [0.1, 0.15) is 46.3 Å². The third-order valence-electron chi connectivity index (χ3n) is 3.62. The summed E-state index contributed by atoms with van der Waals surface area (Å²) in [5.41, 5.74) is 5.30. The lowest BCUT2D eigenvalue weighted by molar-refractivity contribution is 0.0966. The van der Waals surface area contributed by atoms with Gasteiger partial charge in [0.05, 0.1) is 5.25 Å². The highest BCUT2D eigenvalue weighted by atomic mass is 32.2. The molecule has 0 fully saturated rings. The maximum atomic E-state index is 12.3. The number of aromatic nitrogens is 3. The Hall–Kier alpha value is -1.36. The molecule has 2 aromatic heterocycles. The predicted molar refractivity (Wildman–Crippen MR) is 109 cm³/mol. The molecule has 2 atom stereocenters. The summed E-state index contributed by atoms with van der Waals surface area (Å²) >= 11 is 2.44. The van der Waals surface area contributed by atoms with Gasteiger partial charge in [0.2, 0.25) is 5.95 Å². The van der Waals surface area contributed by atoms with Crippen LogP contribution in [0.25, 0.3) is 10.3 Å². The first-order valence-corrected chi connectivity index (χ1v) is 10.4. The molecule has 2 aromatic rings. The van der Waals surface area contributed by atoms with Crippen LogP contribution in [0, 0.1) is 5.92 Å². The molecule has 0 saturated carbocycles. The van der Waals surface area contributed by atoms with Gasteiger partial charge in [0.1, 0.15) is 10.9 Å². The van der Waals surface area contributed by atoms with E-state index < -0.39 is 16.7 Å². The molecule has 10 heteroatoms. The molecule has 0 aliphatic carbocycles. The predicted octanol–water partition coefficient (Wildman–Crippen LogP) is 1.78. The number of aliphatic hydroxyl groups is 2. The van der Waals surface area contributed by atoms with Crippen LogP contribution < -0.4 is 16.2 Å². The molecule has 0 bridgehead atoms. The summed E-state index contributed by atoms with van der Waals surface area (Å²) in [5.74, 6) is 1.23. The van der Waals surface area contributed by atoms with Gasteiger partial charge in [-0.05, 0) is 24.5 Å². The zero-order chi connectivity index (χ0) is 19.9. The molecule has 0 radical (unpaired) electrons. The topological polar surface area (TPSA) is 134 Å². The molecule has 0 aromatic carbocycles. The van der Waals surface area contributed by atoms with Crippen molar-refractivity contribution in [2.45, 2.75) is 51.5 Å². The van der Waals surface area contributed by atoms with Gasteiger partial charge in [-0.25, -0.2) is 0 Å². The number of thioether (sulfide) groups is 1. The second kappa shape index (κ2) is 10.7. The van der Waals surface area contributed by atoms with Gasteiger partial charge in [0.15, 0.2) is 5.65 Å². The van der Waals surface area contributed by atoms with Crippen LogP contribution in [-0.4, -0.2) is 42.9 Å². The van der Waals surface area contributed by atoms with Crippen molar-refractivity contribution >= 4 is 39.4 Å². The number of nitrogens with one attached hydrogen (secondary N) is 1. The van der Waals surface area contributed by atoms with E-state index in [-0.39, 0.29) is 21.5 Å². The van der Waals surface area contributed by atoms with E-state index in [2.05, 4.69) is 30.7 Å². The summed E-state index contributed by atoms with van der Waals surface area (Å²) in [7, 11) is 1.00. The first kappa shape index (κ1) is 22.7. The molecule has 5 N–H and O–H groups in total. The molecular weight excluding hydrogens is 376 g/mol.